The van der Waals surface area contributed by atoms with Gasteiger partial charge in [0.05, 0.1) is 21.8 Å². The molecule has 0 unspecified atom stereocenters. The number of benzene rings is 2. The summed E-state index contributed by atoms with van der Waals surface area (Å²) in [6, 6.07) is 14.0. The van der Waals surface area contributed by atoms with Gasteiger partial charge in [-0.05, 0) is 32.0 Å². The predicted molar refractivity (Wildman–Crippen MR) is 132 cm³/mol. The highest BCUT2D eigenvalue weighted by Gasteiger charge is 2.21. The number of aliphatic hydroxyl groups is 1. The number of fused-ring (bicyclic) bond motifs is 1. The van der Waals surface area contributed by atoms with Crippen molar-refractivity contribution in [2.75, 3.05) is 39.3 Å². The van der Waals surface area contributed by atoms with E-state index in [1.54, 1.807) is 11.3 Å². The molecule has 3 heterocycles. The lowest BCUT2D eigenvalue weighted by molar-refractivity contribution is 0.0426. The van der Waals surface area contributed by atoms with Crippen LogP contribution in [-0.4, -0.2) is 75.5 Å². The summed E-state index contributed by atoms with van der Waals surface area (Å²) in [5.74, 6) is 2.00. The highest BCUT2D eigenvalue weighted by Crippen LogP contribution is 2.25. The van der Waals surface area contributed by atoms with Crippen molar-refractivity contribution in [3.05, 3.63) is 58.9 Å². The zero-order valence-corrected chi connectivity index (χ0v) is 20.3. The van der Waals surface area contributed by atoms with Gasteiger partial charge >= 0.3 is 0 Å². The third-order valence-electron chi connectivity index (χ3n) is 5.95. The van der Waals surface area contributed by atoms with Crippen LogP contribution >= 0.6 is 11.3 Å². The van der Waals surface area contributed by atoms with Gasteiger partial charge in [-0.25, -0.2) is 4.98 Å². The zero-order chi connectivity index (χ0) is 23.5. The molecule has 1 N–H and O–H groups in total. The second-order valence-electron chi connectivity index (χ2n) is 8.79. The summed E-state index contributed by atoms with van der Waals surface area (Å²) in [7, 11) is 0. The first-order valence-electron chi connectivity index (χ1n) is 11.5. The molecule has 0 amide bonds. The zero-order valence-electron chi connectivity index (χ0n) is 19.5. The standard InChI is InChI=1S/C25H29N5O3S/c1-17-4-3-5-19(12-17)25-27-24(33-28-25)15-30-10-8-29(9-11-30)14-20(31)16-32-21-6-7-23-22(13-21)26-18(2)34-23/h3-7,12-13,20,31H,8-11,14-16H2,1-2H3/t20-/m0/s1. The fourth-order valence-corrected chi connectivity index (χ4v) is 5.00. The average Bonchev–Trinajstić information content (AvgIpc) is 3.44. The Morgan fingerprint density at radius 2 is 1.88 bits per heavy atom. The summed E-state index contributed by atoms with van der Waals surface area (Å²) in [5, 5.41) is 15.7. The van der Waals surface area contributed by atoms with E-state index in [1.165, 1.54) is 5.56 Å². The van der Waals surface area contributed by atoms with Gasteiger partial charge in [-0.2, -0.15) is 4.98 Å². The highest BCUT2D eigenvalue weighted by atomic mass is 32.1. The van der Waals surface area contributed by atoms with E-state index in [0.717, 1.165) is 52.7 Å². The number of rotatable bonds is 8. The monoisotopic (exact) mass is 479 g/mol. The lowest BCUT2D eigenvalue weighted by atomic mass is 10.1. The molecule has 2 aromatic heterocycles. The second kappa shape index (κ2) is 10.2. The summed E-state index contributed by atoms with van der Waals surface area (Å²) >= 11 is 1.67. The number of aryl methyl sites for hydroxylation is 2. The van der Waals surface area contributed by atoms with Gasteiger partial charge in [0.15, 0.2) is 0 Å². The van der Waals surface area contributed by atoms with E-state index in [9.17, 15) is 5.11 Å². The highest BCUT2D eigenvalue weighted by molar-refractivity contribution is 7.18. The van der Waals surface area contributed by atoms with Crippen LogP contribution in [0.1, 0.15) is 16.5 Å². The molecular formula is C25H29N5O3S. The van der Waals surface area contributed by atoms with Gasteiger partial charge < -0.3 is 14.4 Å². The molecule has 0 saturated carbocycles. The smallest absolute Gasteiger partial charge is 0.241 e. The summed E-state index contributed by atoms with van der Waals surface area (Å²) in [6.45, 7) is 9.05. The number of aliphatic hydroxyl groups excluding tert-OH is 1. The van der Waals surface area contributed by atoms with Crippen LogP contribution in [0.15, 0.2) is 47.0 Å². The Morgan fingerprint density at radius 1 is 1.06 bits per heavy atom. The molecule has 1 aliphatic rings. The van der Waals surface area contributed by atoms with Crippen LogP contribution < -0.4 is 4.74 Å². The second-order valence-corrected chi connectivity index (χ2v) is 10.0. The van der Waals surface area contributed by atoms with E-state index < -0.39 is 6.10 Å². The van der Waals surface area contributed by atoms with Crippen molar-refractivity contribution >= 4 is 21.6 Å². The molecule has 9 heteroatoms. The first-order valence-corrected chi connectivity index (χ1v) is 12.4. The van der Waals surface area contributed by atoms with Crippen molar-refractivity contribution in [1.82, 2.24) is 24.9 Å². The van der Waals surface area contributed by atoms with Gasteiger partial charge in [0.25, 0.3) is 0 Å². The maximum atomic E-state index is 10.5. The van der Waals surface area contributed by atoms with Crippen molar-refractivity contribution in [1.29, 1.82) is 0 Å². The Hall–Kier alpha value is -2.85. The van der Waals surface area contributed by atoms with E-state index in [4.69, 9.17) is 9.26 Å². The van der Waals surface area contributed by atoms with E-state index in [1.807, 2.05) is 37.3 Å². The van der Waals surface area contributed by atoms with E-state index >= 15 is 0 Å². The Bertz CT molecular complexity index is 1250. The molecule has 5 rings (SSSR count). The summed E-state index contributed by atoms with van der Waals surface area (Å²) in [5.41, 5.74) is 3.08. The maximum absolute atomic E-state index is 10.5. The summed E-state index contributed by atoms with van der Waals surface area (Å²) in [6.07, 6.45) is -0.549. The first kappa shape index (κ1) is 22.9. The predicted octanol–water partition coefficient (Wildman–Crippen LogP) is 3.52. The van der Waals surface area contributed by atoms with Crippen LogP contribution in [-0.2, 0) is 6.54 Å². The molecule has 178 valence electrons. The molecule has 1 atom stereocenters. The third-order valence-corrected chi connectivity index (χ3v) is 6.90. The largest absolute Gasteiger partial charge is 0.491 e. The van der Waals surface area contributed by atoms with Crippen LogP contribution in [0.5, 0.6) is 5.75 Å². The van der Waals surface area contributed by atoms with E-state index in [0.29, 0.717) is 24.8 Å². The Kier molecular flexibility index (Phi) is 6.87. The van der Waals surface area contributed by atoms with Crippen LogP contribution in [0.25, 0.3) is 21.6 Å². The number of ether oxygens (including phenoxy) is 1. The number of piperazine rings is 1. The van der Waals surface area contributed by atoms with Gasteiger partial charge in [-0.15, -0.1) is 11.3 Å². The number of hydrogen-bond donors (Lipinski definition) is 1. The molecule has 0 bridgehead atoms. The van der Waals surface area contributed by atoms with Gasteiger partial charge in [0.2, 0.25) is 11.7 Å². The minimum absolute atomic E-state index is 0.262. The molecule has 4 aromatic rings. The van der Waals surface area contributed by atoms with Crippen LogP contribution in [0.2, 0.25) is 0 Å². The van der Waals surface area contributed by atoms with Crippen molar-refractivity contribution in [2.45, 2.75) is 26.5 Å². The van der Waals surface area contributed by atoms with Crippen LogP contribution in [0.4, 0.5) is 0 Å². The van der Waals surface area contributed by atoms with Gasteiger partial charge in [-0.1, -0.05) is 28.9 Å². The van der Waals surface area contributed by atoms with Crippen molar-refractivity contribution < 1.29 is 14.4 Å². The number of thiazole rings is 1. The lowest BCUT2D eigenvalue weighted by Gasteiger charge is -2.34. The minimum Gasteiger partial charge on any atom is -0.491 e. The molecule has 2 aromatic carbocycles. The van der Waals surface area contributed by atoms with E-state index in [-0.39, 0.29) is 6.61 Å². The fourth-order valence-electron chi connectivity index (χ4n) is 4.20. The molecule has 0 radical (unpaired) electrons. The molecular weight excluding hydrogens is 450 g/mol. The minimum atomic E-state index is -0.549. The number of nitrogens with zero attached hydrogens (tertiary/aromatic N) is 5. The van der Waals surface area contributed by atoms with Crippen LogP contribution in [0.3, 0.4) is 0 Å². The van der Waals surface area contributed by atoms with Crippen molar-refractivity contribution in [2.24, 2.45) is 0 Å². The quantitative estimate of drug-likeness (QED) is 0.411. The van der Waals surface area contributed by atoms with Crippen molar-refractivity contribution in [3.63, 3.8) is 0 Å². The molecule has 1 saturated heterocycles. The lowest BCUT2D eigenvalue weighted by Crippen LogP contribution is -2.48. The normalized spacial score (nSPS) is 16.2. The Labute approximate surface area is 202 Å². The molecule has 0 spiro atoms. The molecule has 0 aliphatic carbocycles. The van der Waals surface area contributed by atoms with Crippen LogP contribution in [0, 0.1) is 13.8 Å². The maximum Gasteiger partial charge on any atom is 0.241 e. The van der Waals surface area contributed by atoms with Crippen molar-refractivity contribution in [3.8, 4) is 17.1 Å². The molecule has 8 nitrogen and oxygen atoms in total. The molecule has 1 fully saturated rings. The Balaban J connectivity index is 1.06. The first-order chi connectivity index (χ1) is 16.5. The number of hydrogen-bond acceptors (Lipinski definition) is 9. The van der Waals surface area contributed by atoms with E-state index in [2.05, 4.69) is 44.0 Å². The topological polar surface area (TPSA) is 87.8 Å². The fraction of sp³-hybridized carbons (Fsp3) is 0.400. The molecule has 1 aliphatic heterocycles. The van der Waals surface area contributed by atoms with Gasteiger partial charge in [0.1, 0.15) is 18.5 Å². The summed E-state index contributed by atoms with van der Waals surface area (Å²) in [4.78, 5) is 13.6. The SMILES string of the molecule is Cc1cccc(-c2noc(CN3CCN(C[C@H](O)COc4ccc5sc(C)nc5c4)CC3)n2)c1. The molecule has 34 heavy (non-hydrogen) atoms. The third kappa shape index (κ3) is 5.61. The number of aromatic nitrogens is 3. The average molecular weight is 480 g/mol. The summed E-state index contributed by atoms with van der Waals surface area (Å²) < 4.78 is 12.4. The van der Waals surface area contributed by atoms with Gasteiger partial charge in [0, 0.05) is 44.4 Å². The Morgan fingerprint density at radius 3 is 2.71 bits per heavy atom. The van der Waals surface area contributed by atoms with Gasteiger partial charge in [-0.3, -0.25) is 9.80 Å². The number of β-amino-alcohol motifs (C(OH)–C–C–N with tert-alkyl or cyclic N) is 1.